The fourth-order valence-corrected chi connectivity index (χ4v) is 10.5. The number of hydrogen-bond acceptors (Lipinski definition) is 7. The van der Waals surface area contributed by atoms with Gasteiger partial charge in [-0.1, -0.05) is 78.9 Å². The summed E-state index contributed by atoms with van der Waals surface area (Å²) in [4.78, 5) is 27.1. The van der Waals surface area contributed by atoms with Crippen LogP contribution in [0.2, 0.25) is 18.6 Å². The van der Waals surface area contributed by atoms with Gasteiger partial charge in [0.25, 0.3) is 5.91 Å². The van der Waals surface area contributed by atoms with E-state index < -0.39 is 8.32 Å². The van der Waals surface area contributed by atoms with E-state index in [0.717, 1.165) is 35.3 Å². The molecule has 1 amide bonds. The smallest absolute Gasteiger partial charge is 0.266 e. The van der Waals surface area contributed by atoms with Crippen molar-refractivity contribution in [2.75, 3.05) is 11.5 Å². The lowest BCUT2D eigenvalue weighted by Crippen LogP contribution is -2.40. The van der Waals surface area contributed by atoms with Gasteiger partial charge in [-0.25, -0.2) is 0 Å². The van der Waals surface area contributed by atoms with E-state index in [9.17, 15) is 14.7 Å². The quantitative estimate of drug-likeness (QED) is 0.139. The SMILES string of the molecule is C[C@H]1[C@H]([Si](C)(C)O)[C@@H](CCn2cc(C(CO)c3ccccc3)nn2)O[C@H]1CCc1cccc(N2C(=O)c3ccccc3Oc3ccccc32)c1. The number of aliphatic hydroxyl groups is 1. The Morgan fingerprint density at radius 2 is 1.62 bits per heavy atom. The monoisotopic (exact) mass is 688 g/mol. The average molecular weight is 689 g/mol. The summed E-state index contributed by atoms with van der Waals surface area (Å²) in [5.74, 6) is 0.988. The van der Waals surface area contributed by atoms with Crippen molar-refractivity contribution in [3.8, 4) is 11.5 Å². The van der Waals surface area contributed by atoms with Crippen molar-refractivity contribution >= 4 is 25.6 Å². The van der Waals surface area contributed by atoms with Crippen LogP contribution in [0.5, 0.6) is 11.5 Å². The lowest BCUT2D eigenvalue weighted by atomic mass is 9.95. The minimum Gasteiger partial charge on any atom is -0.454 e. The Morgan fingerprint density at radius 1 is 0.880 bits per heavy atom. The Labute approximate surface area is 294 Å². The van der Waals surface area contributed by atoms with E-state index in [-0.39, 0.29) is 42.1 Å². The van der Waals surface area contributed by atoms with Crippen LogP contribution in [0.3, 0.4) is 0 Å². The second-order valence-electron chi connectivity index (χ2n) is 14.0. The number of nitrogens with zero attached hydrogens (tertiary/aromatic N) is 4. The standard InChI is InChI=1S/C40H44N4O5Si/c1-27-35(48-38(39(27)50(2,3)47)22-23-43-25-33(41-42-43)32(26-45)29-13-5-4-6-14-29)21-20-28-12-11-15-30(24-28)44-34-17-8-10-19-37(34)49-36-18-9-7-16-31(36)40(44)46/h4-19,24-25,27,32,35,38-39,45,47H,20-23,26H2,1-3H3/t27-,32?,35+,38-,39+/m1/s1. The molecular formula is C40H44N4O5Si. The average Bonchev–Trinajstić information content (AvgIpc) is 3.68. The molecule has 3 heterocycles. The van der Waals surface area contributed by atoms with E-state index in [0.29, 0.717) is 35.7 Å². The molecule has 1 unspecified atom stereocenters. The van der Waals surface area contributed by atoms with Crippen LogP contribution in [0.25, 0.3) is 0 Å². The molecule has 50 heavy (non-hydrogen) atoms. The third-order valence-electron chi connectivity index (χ3n) is 10.2. The topological polar surface area (TPSA) is 110 Å². The number of carbonyl (C=O) groups is 1. The van der Waals surface area contributed by atoms with Gasteiger partial charge < -0.3 is 19.4 Å². The number of aryl methyl sites for hydroxylation is 2. The van der Waals surface area contributed by atoms with Crippen molar-refractivity contribution in [3.05, 3.63) is 132 Å². The number of benzene rings is 4. The number of hydrogen-bond donors (Lipinski definition) is 2. The first-order valence-electron chi connectivity index (χ1n) is 17.4. The second-order valence-corrected chi connectivity index (χ2v) is 18.0. The minimum absolute atomic E-state index is 0.0171. The van der Waals surface area contributed by atoms with Crippen LogP contribution in [0.1, 0.15) is 52.9 Å². The van der Waals surface area contributed by atoms with Crippen LogP contribution in [0.15, 0.2) is 109 Å². The van der Waals surface area contributed by atoms with E-state index in [4.69, 9.17) is 9.47 Å². The number of amides is 1. The molecule has 0 saturated carbocycles. The molecule has 10 heteroatoms. The largest absolute Gasteiger partial charge is 0.454 e. The fraction of sp³-hybridized carbons (Fsp3) is 0.325. The van der Waals surface area contributed by atoms with Crippen LogP contribution >= 0.6 is 0 Å². The zero-order valence-corrected chi connectivity index (χ0v) is 29.7. The summed E-state index contributed by atoms with van der Waals surface area (Å²) in [6.07, 6.45) is 4.05. The van der Waals surface area contributed by atoms with E-state index in [1.807, 2.05) is 109 Å². The van der Waals surface area contributed by atoms with E-state index in [2.05, 4.69) is 29.4 Å². The summed E-state index contributed by atoms with van der Waals surface area (Å²) in [6, 6.07) is 33.0. The highest BCUT2D eigenvalue weighted by atomic mass is 28.4. The Morgan fingerprint density at radius 3 is 2.40 bits per heavy atom. The zero-order valence-electron chi connectivity index (χ0n) is 28.7. The summed E-state index contributed by atoms with van der Waals surface area (Å²) in [5.41, 5.74) is 4.90. The summed E-state index contributed by atoms with van der Waals surface area (Å²) < 4.78 is 14.8. The number of aliphatic hydroxyl groups excluding tert-OH is 1. The van der Waals surface area contributed by atoms with Crippen molar-refractivity contribution < 1.29 is 24.2 Å². The Balaban J connectivity index is 1.05. The zero-order chi connectivity index (χ0) is 34.8. The summed E-state index contributed by atoms with van der Waals surface area (Å²) in [5, 5.41) is 18.9. The number of para-hydroxylation sites is 3. The highest BCUT2D eigenvalue weighted by Gasteiger charge is 2.49. The highest BCUT2D eigenvalue weighted by molar-refractivity contribution is 6.71. The van der Waals surface area contributed by atoms with Gasteiger partial charge in [0, 0.05) is 24.0 Å². The summed E-state index contributed by atoms with van der Waals surface area (Å²) >= 11 is 0. The highest BCUT2D eigenvalue weighted by Crippen LogP contribution is 2.46. The van der Waals surface area contributed by atoms with Gasteiger partial charge in [-0.2, -0.15) is 0 Å². The molecule has 1 fully saturated rings. The van der Waals surface area contributed by atoms with Gasteiger partial charge in [-0.3, -0.25) is 14.4 Å². The number of anilines is 2. The maximum absolute atomic E-state index is 14.0. The molecule has 0 spiro atoms. The van der Waals surface area contributed by atoms with E-state index in [1.54, 1.807) is 11.0 Å². The maximum atomic E-state index is 14.0. The first-order valence-corrected chi connectivity index (χ1v) is 20.5. The lowest BCUT2D eigenvalue weighted by Gasteiger charge is -2.30. The second kappa shape index (κ2) is 14.3. The molecule has 2 aliphatic heterocycles. The molecule has 2 N–H and O–H groups in total. The number of carbonyl (C=O) groups excluding carboxylic acids is 1. The van der Waals surface area contributed by atoms with Gasteiger partial charge in [0.05, 0.1) is 41.7 Å². The Hall–Kier alpha value is -4.61. The molecule has 0 aliphatic carbocycles. The summed E-state index contributed by atoms with van der Waals surface area (Å²) in [6.45, 7) is 6.78. The van der Waals surface area contributed by atoms with Crippen molar-refractivity contribution in [1.29, 1.82) is 0 Å². The van der Waals surface area contributed by atoms with Crippen molar-refractivity contribution in [2.45, 2.75) is 69.5 Å². The van der Waals surface area contributed by atoms with Crippen LogP contribution in [0, 0.1) is 5.92 Å². The molecule has 258 valence electrons. The minimum atomic E-state index is -2.57. The van der Waals surface area contributed by atoms with Gasteiger partial charge in [0.2, 0.25) is 0 Å². The predicted molar refractivity (Wildman–Crippen MR) is 195 cm³/mol. The van der Waals surface area contributed by atoms with Crippen LogP contribution in [0.4, 0.5) is 11.4 Å². The van der Waals surface area contributed by atoms with E-state index >= 15 is 0 Å². The van der Waals surface area contributed by atoms with Crippen molar-refractivity contribution in [2.24, 2.45) is 5.92 Å². The molecule has 1 aromatic heterocycles. The predicted octanol–water partition coefficient (Wildman–Crippen LogP) is 7.48. The van der Waals surface area contributed by atoms with Gasteiger partial charge in [0.1, 0.15) is 5.75 Å². The number of ether oxygens (including phenoxy) is 2. The number of aromatic nitrogens is 3. The Bertz CT molecular complexity index is 1940. The van der Waals surface area contributed by atoms with Gasteiger partial charge >= 0.3 is 0 Å². The van der Waals surface area contributed by atoms with Crippen molar-refractivity contribution in [1.82, 2.24) is 15.0 Å². The normalized spacial score (nSPS) is 20.9. The molecule has 4 aromatic carbocycles. The van der Waals surface area contributed by atoms with Gasteiger partial charge in [-0.05, 0) is 85.8 Å². The third kappa shape index (κ3) is 6.89. The third-order valence-corrected chi connectivity index (χ3v) is 12.7. The molecule has 0 bridgehead atoms. The van der Waals surface area contributed by atoms with E-state index in [1.165, 1.54) is 0 Å². The molecular weight excluding hydrogens is 645 g/mol. The molecule has 0 radical (unpaired) electrons. The molecule has 1 saturated heterocycles. The first kappa shape index (κ1) is 33.9. The van der Waals surface area contributed by atoms with Crippen LogP contribution in [-0.2, 0) is 17.7 Å². The maximum Gasteiger partial charge on any atom is 0.266 e. The molecule has 5 atom stereocenters. The van der Waals surface area contributed by atoms with Crippen LogP contribution in [-0.4, -0.2) is 57.9 Å². The lowest BCUT2D eigenvalue weighted by molar-refractivity contribution is 0.0245. The molecule has 9 nitrogen and oxygen atoms in total. The Kier molecular flexibility index (Phi) is 9.70. The number of fused-ring (bicyclic) bond motifs is 2. The van der Waals surface area contributed by atoms with Gasteiger partial charge in [-0.15, -0.1) is 5.10 Å². The fourth-order valence-electron chi connectivity index (χ4n) is 7.80. The van der Waals surface area contributed by atoms with Gasteiger partial charge in [0.15, 0.2) is 14.1 Å². The molecule has 2 aliphatic rings. The number of rotatable bonds is 11. The van der Waals surface area contributed by atoms with Crippen LogP contribution < -0.4 is 9.64 Å². The molecule has 5 aromatic rings. The summed E-state index contributed by atoms with van der Waals surface area (Å²) in [7, 11) is -2.57. The first-order chi connectivity index (χ1) is 24.2. The molecule has 7 rings (SSSR count). The van der Waals surface area contributed by atoms with Crippen molar-refractivity contribution in [3.63, 3.8) is 0 Å².